The molecule has 0 spiro atoms. The molecule has 200 valence electrons. The van der Waals surface area contributed by atoms with Crippen LogP contribution in [0.25, 0.3) is 0 Å². The third kappa shape index (κ3) is 12.2. The highest BCUT2D eigenvalue weighted by atomic mass is 31.2. The predicted octanol–water partition coefficient (Wildman–Crippen LogP) is 8.78. The molecule has 0 aliphatic rings. The molecule has 0 saturated heterocycles. The van der Waals surface area contributed by atoms with Gasteiger partial charge >= 0.3 is 7.82 Å². The van der Waals surface area contributed by atoms with Gasteiger partial charge in [-0.05, 0) is 73.6 Å². The van der Waals surface area contributed by atoms with Gasteiger partial charge in [0.25, 0.3) is 0 Å². The van der Waals surface area contributed by atoms with Crippen LogP contribution in [0.15, 0.2) is 84.9 Å². The van der Waals surface area contributed by atoms with Crippen molar-refractivity contribution in [1.82, 2.24) is 0 Å². The van der Waals surface area contributed by atoms with E-state index in [0.29, 0.717) is 19.8 Å². The molecule has 0 bridgehead atoms. The van der Waals surface area contributed by atoms with Crippen molar-refractivity contribution in [3.63, 3.8) is 0 Å². The van der Waals surface area contributed by atoms with Gasteiger partial charge in [-0.3, -0.25) is 13.6 Å². The quantitative estimate of drug-likeness (QED) is 0.117. The first kappa shape index (κ1) is 29.3. The first-order chi connectivity index (χ1) is 18.2. The first-order valence-corrected chi connectivity index (χ1v) is 15.3. The average molecular weight is 523 g/mol. The van der Waals surface area contributed by atoms with Crippen LogP contribution in [0.1, 0.15) is 67.7 Å². The maximum atomic E-state index is 13.4. The van der Waals surface area contributed by atoms with Crippen LogP contribution in [0.4, 0.5) is 0 Å². The smallest absolute Gasteiger partial charge is 0.287 e. The molecule has 3 aromatic carbocycles. The molecule has 0 N–H and O–H groups in total. The van der Waals surface area contributed by atoms with Gasteiger partial charge in [-0.1, -0.05) is 105 Å². The average Bonchev–Trinajstić information content (AvgIpc) is 2.94. The molecule has 0 heterocycles. The van der Waals surface area contributed by atoms with E-state index in [4.69, 9.17) is 13.6 Å². The second-order valence-corrected chi connectivity index (χ2v) is 11.2. The number of hydrogen-bond acceptors (Lipinski definition) is 4. The highest BCUT2D eigenvalue weighted by Crippen LogP contribution is 2.49. The topological polar surface area (TPSA) is 44.8 Å². The summed E-state index contributed by atoms with van der Waals surface area (Å²) in [6.07, 6.45) is 9.80. The molecule has 0 fully saturated rings. The molecular formula is C32H43O4P. The fraction of sp³-hybridized carbons (Fsp3) is 0.438. The lowest BCUT2D eigenvalue weighted by atomic mass is 10.0. The van der Waals surface area contributed by atoms with E-state index in [1.54, 1.807) is 0 Å². The Morgan fingerprint density at radius 2 is 0.838 bits per heavy atom. The summed E-state index contributed by atoms with van der Waals surface area (Å²) in [5, 5.41) is 0. The van der Waals surface area contributed by atoms with Gasteiger partial charge in [-0.25, -0.2) is 4.57 Å². The van der Waals surface area contributed by atoms with E-state index in [-0.39, 0.29) is 0 Å². The van der Waals surface area contributed by atoms with Gasteiger partial charge < -0.3 is 0 Å². The number of rotatable bonds is 19. The van der Waals surface area contributed by atoms with E-state index >= 15 is 0 Å². The van der Waals surface area contributed by atoms with Crippen molar-refractivity contribution in [2.75, 3.05) is 19.8 Å². The predicted molar refractivity (Wildman–Crippen MR) is 153 cm³/mol. The van der Waals surface area contributed by atoms with Gasteiger partial charge in [-0.15, -0.1) is 0 Å². The van der Waals surface area contributed by atoms with Crippen molar-refractivity contribution in [3.8, 4) is 0 Å². The Labute approximate surface area is 224 Å². The van der Waals surface area contributed by atoms with E-state index in [2.05, 4.69) is 55.5 Å². The van der Waals surface area contributed by atoms with Gasteiger partial charge in [0.05, 0.1) is 19.8 Å². The van der Waals surface area contributed by atoms with Crippen LogP contribution < -0.4 is 0 Å². The van der Waals surface area contributed by atoms with Gasteiger partial charge in [0.2, 0.25) is 0 Å². The van der Waals surface area contributed by atoms with Crippen LogP contribution in [-0.4, -0.2) is 19.8 Å². The van der Waals surface area contributed by atoms with Gasteiger partial charge in [0.1, 0.15) is 0 Å². The Kier molecular flexibility index (Phi) is 13.7. The van der Waals surface area contributed by atoms with Crippen molar-refractivity contribution in [1.29, 1.82) is 0 Å². The fourth-order valence-electron chi connectivity index (χ4n) is 4.21. The molecule has 4 nitrogen and oxygen atoms in total. The summed E-state index contributed by atoms with van der Waals surface area (Å²) >= 11 is 0. The minimum Gasteiger partial charge on any atom is -0.287 e. The van der Waals surface area contributed by atoms with Crippen LogP contribution >= 0.6 is 7.82 Å². The summed E-state index contributed by atoms with van der Waals surface area (Å²) in [6.45, 7) is 3.25. The lowest BCUT2D eigenvalue weighted by Gasteiger charge is -2.18. The fourth-order valence-corrected chi connectivity index (χ4v) is 5.49. The first-order valence-electron chi connectivity index (χ1n) is 13.9. The van der Waals surface area contributed by atoms with Crippen LogP contribution in [0.2, 0.25) is 0 Å². The number of unbranched alkanes of at least 4 members (excludes halogenated alkanes) is 2. The van der Waals surface area contributed by atoms with Crippen molar-refractivity contribution in [2.45, 2.75) is 71.1 Å². The number of phosphoric ester groups is 1. The van der Waals surface area contributed by atoms with Crippen LogP contribution in [-0.2, 0) is 43.8 Å². The maximum absolute atomic E-state index is 13.4. The Hall–Kier alpha value is -2.23. The molecule has 0 amide bonds. The summed E-state index contributed by atoms with van der Waals surface area (Å²) in [5.41, 5.74) is 5.14. The van der Waals surface area contributed by atoms with Crippen molar-refractivity contribution >= 4 is 7.82 Å². The third-order valence-corrected chi connectivity index (χ3v) is 7.85. The molecule has 3 aromatic rings. The van der Waals surface area contributed by atoms with Crippen molar-refractivity contribution in [3.05, 3.63) is 107 Å². The number of phosphoric acid groups is 1. The minimum atomic E-state index is -3.61. The molecule has 0 aliphatic heterocycles. The lowest BCUT2D eigenvalue weighted by molar-refractivity contribution is 0.110. The number of aryl methyl sites for hydroxylation is 4. The zero-order chi connectivity index (χ0) is 26.0. The van der Waals surface area contributed by atoms with Crippen LogP contribution in [0, 0.1) is 0 Å². The molecule has 0 radical (unpaired) electrons. The van der Waals surface area contributed by atoms with E-state index in [1.165, 1.54) is 41.5 Å². The molecule has 37 heavy (non-hydrogen) atoms. The monoisotopic (exact) mass is 522 g/mol. The van der Waals surface area contributed by atoms with E-state index < -0.39 is 7.82 Å². The van der Waals surface area contributed by atoms with E-state index in [1.807, 2.05) is 36.4 Å². The molecule has 5 heteroatoms. The summed E-state index contributed by atoms with van der Waals surface area (Å²) in [7, 11) is -3.61. The Morgan fingerprint density at radius 3 is 1.22 bits per heavy atom. The molecule has 0 unspecified atom stereocenters. The highest BCUT2D eigenvalue weighted by Gasteiger charge is 2.26. The second kappa shape index (κ2) is 17.3. The summed E-state index contributed by atoms with van der Waals surface area (Å²) in [5.74, 6) is 0. The minimum absolute atomic E-state index is 0.338. The van der Waals surface area contributed by atoms with Gasteiger partial charge in [0.15, 0.2) is 0 Å². The normalized spacial score (nSPS) is 11.6. The highest BCUT2D eigenvalue weighted by molar-refractivity contribution is 7.48. The SMILES string of the molecule is CCCCCc1ccc(CCCOP(=O)(OCCCc2ccccc2)OCCCc2ccccc2)cc1. The number of benzene rings is 3. The standard InChI is InChI=1S/C32H43O4P/c1-2-3-6-14-31-22-24-32(25-23-31)21-13-28-36-37(33,34-26-11-19-29-15-7-4-8-16-29)35-27-12-20-30-17-9-5-10-18-30/h4-5,7-10,15-18,22-25H,2-3,6,11-14,19-21,26-28H2,1H3. The summed E-state index contributed by atoms with van der Waals surface area (Å²) in [6, 6.07) is 29.3. The Morgan fingerprint density at radius 1 is 0.486 bits per heavy atom. The van der Waals surface area contributed by atoms with Crippen molar-refractivity contribution in [2.24, 2.45) is 0 Å². The van der Waals surface area contributed by atoms with E-state index in [0.717, 1.165) is 44.9 Å². The molecule has 3 rings (SSSR count). The molecular weight excluding hydrogens is 479 g/mol. The van der Waals surface area contributed by atoms with Crippen molar-refractivity contribution < 1.29 is 18.1 Å². The Balaban J connectivity index is 1.42. The summed E-state index contributed by atoms with van der Waals surface area (Å²) in [4.78, 5) is 0. The maximum Gasteiger partial charge on any atom is 0.474 e. The molecule has 0 aromatic heterocycles. The third-order valence-electron chi connectivity index (χ3n) is 6.36. The largest absolute Gasteiger partial charge is 0.474 e. The number of hydrogen-bond donors (Lipinski definition) is 0. The second-order valence-electron chi connectivity index (χ2n) is 9.50. The zero-order valence-corrected chi connectivity index (χ0v) is 23.2. The molecule has 0 atom stereocenters. The summed E-state index contributed by atoms with van der Waals surface area (Å²) < 4.78 is 30.6. The molecule has 0 saturated carbocycles. The van der Waals surface area contributed by atoms with E-state index in [9.17, 15) is 4.57 Å². The molecule has 0 aliphatic carbocycles. The lowest BCUT2D eigenvalue weighted by Crippen LogP contribution is -2.06. The van der Waals surface area contributed by atoms with Gasteiger partial charge in [-0.2, -0.15) is 0 Å². The van der Waals surface area contributed by atoms with Crippen LogP contribution in [0.5, 0.6) is 0 Å². The van der Waals surface area contributed by atoms with Gasteiger partial charge in [0, 0.05) is 0 Å². The zero-order valence-electron chi connectivity index (χ0n) is 22.4. The Bertz CT molecular complexity index is 970. The van der Waals surface area contributed by atoms with Crippen LogP contribution in [0.3, 0.4) is 0 Å².